The van der Waals surface area contributed by atoms with Crippen molar-refractivity contribution >= 4 is 5.91 Å². The molecule has 1 saturated heterocycles. The summed E-state index contributed by atoms with van der Waals surface area (Å²) in [5.74, 6) is -0.151. The average Bonchev–Trinajstić information content (AvgIpc) is 2.90. The normalized spacial score (nSPS) is 26.5. The number of nitrogens with zero attached hydrogens (tertiary/aromatic N) is 1. The van der Waals surface area contributed by atoms with Crippen molar-refractivity contribution in [3.05, 3.63) is 56.4 Å². The van der Waals surface area contributed by atoms with E-state index in [-0.39, 0.29) is 44.6 Å². The van der Waals surface area contributed by atoms with Crippen molar-refractivity contribution in [1.82, 2.24) is 4.90 Å². The highest BCUT2D eigenvalue weighted by Crippen LogP contribution is 2.30. The molecule has 1 saturated carbocycles. The lowest BCUT2D eigenvalue weighted by Gasteiger charge is -2.30. The Hall–Kier alpha value is -1.42. The molecule has 3 unspecified atom stereocenters. The van der Waals surface area contributed by atoms with Gasteiger partial charge in [0.1, 0.15) is 5.82 Å². The molecule has 3 nitrogen and oxygen atoms in total. The van der Waals surface area contributed by atoms with Crippen LogP contribution in [0.4, 0.5) is 4.39 Å². The van der Waals surface area contributed by atoms with E-state index >= 15 is 0 Å². The third kappa shape index (κ3) is 5.06. The summed E-state index contributed by atoms with van der Waals surface area (Å²) in [7, 11) is 0. The van der Waals surface area contributed by atoms with Crippen LogP contribution in [-0.4, -0.2) is 34.6 Å². The highest BCUT2D eigenvalue weighted by Gasteiger charge is 2.36. The molecule has 1 heterocycles. The Balaban J connectivity index is 0.00000169. The third-order valence-corrected chi connectivity index (χ3v) is 5.47. The standard InChI is InChI=1S/C20H27FNO2.2CH2/c1-14-5-4-6-15(19(14)21)13-16-11-12-22(20(16)24)17-7-2-3-8-18(23)10-9-17;;/h4-7,16-18,23H,2-3,8-13H2,1H3;2*1H2. The predicted molar refractivity (Wildman–Crippen MR) is 103 cm³/mol. The van der Waals surface area contributed by atoms with Crippen LogP contribution in [0.5, 0.6) is 0 Å². The smallest absolute Gasteiger partial charge is 0.226 e. The lowest BCUT2D eigenvalue weighted by Crippen LogP contribution is -2.39. The van der Waals surface area contributed by atoms with Gasteiger partial charge < -0.3 is 10.0 Å². The van der Waals surface area contributed by atoms with Crippen LogP contribution in [0.2, 0.25) is 0 Å². The Bertz CT molecular complexity index is 590. The number of hydrogen-bond acceptors (Lipinski definition) is 2. The molecule has 0 spiro atoms. The molecule has 1 aromatic carbocycles. The number of carbonyl (C=O) groups is 1. The summed E-state index contributed by atoms with van der Waals surface area (Å²) < 4.78 is 14.2. The van der Waals surface area contributed by atoms with Gasteiger partial charge in [-0.1, -0.05) is 39.5 Å². The number of amides is 1. The molecule has 1 aliphatic heterocycles. The number of carbonyl (C=O) groups excluding carboxylic acids is 1. The highest BCUT2D eigenvalue weighted by molar-refractivity contribution is 5.81. The number of rotatable bonds is 3. The van der Waals surface area contributed by atoms with E-state index in [0.29, 0.717) is 17.5 Å². The van der Waals surface area contributed by atoms with Crippen LogP contribution >= 0.6 is 0 Å². The Kier molecular flexibility index (Phi) is 8.75. The van der Waals surface area contributed by atoms with Crippen LogP contribution in [0.1, 0.15) is 49.7 Å². The molecule has 1 aromatic rings. The summed E-state index contributed by atoms with van der Waals surface area (Å²) in [6, 6.07) is 5.53. The van der Waals surface area contributed by atoms with E-state index in [1.165, 1.54) is 0 Å². The van der Waals surface area contributed by atoms with Gasteiger partial charge in [0, 0.05) is 18.5 Å². The minimum Gasteiger partial charge on any atom is -0.393 e. The second-order valence-corrected chi connectivity index (χ2v) is 7.23. The van der Waals surface area contributed by atoms with E-state index in [4.69, 9.17) is 0 Å². The summed E-state index contributed by atoms with van der Waals surface area (Å²) in [6.07, 6.45) is 7.64. The molecule has 0 bridgehead atoms. The van der Waals surface area contributed by atoms with Crippen LogP contribution in [0, 0.1) is 39.9 Å². The summed E-state index contributed by atoms with van der Waals surface area (Å²) in [5.41, 5.74) is 1.28. The second kappa shape index (κ2) is 10.1. The van der Waals surface area contributed by atoms with Gasteiger partial charge >= 0.3 is 0 Å². The molecule has 5 radical (unpaired) electrons. The van der Waals surface area contributed by atoms with E-state index in [1.54, 1.807) is 19.1 Å². The van der Waals surface area contributed by atoms with Gasteiger partial charge in [-0.05, 0) is 63.0 Å². The van der Waals surface area contributed by atoms with Crippen LogP contribution < -0.4 is 0 Å². The predicted octanol–water partition coefficient (Wildman–Crippen LogP) is 4.08. The van der Waals surface area contributed by atoms with Crippen molar-refractivity contribution < 1.29 is 14.3 Å². The topological polar surface area (TPSA) is 40.5 Å². The van der Waals surface area contributed by atoms with Crippen LogP contribution in [0.25, 0.3) is 0 Å². The van der Waals surface area contributed by atoms with Gasteiger partial charge in [0.05, 0.1) is 6.10 Å². The molecule has 1 aliphatic carbocycles. The Morgan fingerprint density at radius 2 is 1.96 bits per heavy atom. The second-order valence-electron chi connectivity index (χ2n) is 7.23. The zero-order chi connectivity index (χ0) is 17.1. The zero-order valence-electron chi connectivity index (χ0n) is 15.8. The van der Waals surface area contributed by atoms with Gasteiger partial charge in [-0.25, -0.2) is 4.39 Å². The molecule has 26 heavy (non-hydrogen) atoms. The van der Waals surface area contributed by atoms with E-state index in [2.05, 4.69) is 6.42 Å². The van der Waals surface area contributed by atoms with E-state index < -0.39 is 0 Å². The molecule has 3 atom stereocenters. The van der Waals surface area contributed by atoms with E-state index in [0.717, 1.165) is 45.1 Å². The van der Waals surface area contributed by atoms with Crippen molar-refractivity contribution in [2.24, 2.45) is 5.92 Å². The zero-order valence-corrected chi connectivity index (χ0v) is 15.8. The molecule has 143 valence electrons. The van der Waals surface area contributed by atoms with Gasteiger partial charge in [0.25, 0.3) is 0 Å². The molecule has 2 fully saturated rings. The number of aliphatic hydroxyl groups is 1. The molecule has 1 amide bonds. The Labute approximate surface area is 158 Å². The Morgan fingerprint density at radius 1 is 1.19 bits per heavy atom. The van der Waals surface area contributed by atoms with Crippen molar-refractivity contribution in [2.75, 3.05) is 6.54 Å². The van der Waals surface area contributed by atoms with Crippen LogP contribution in [-0.2, 0) is 11.2 Å². The SMILES string of the molecule is Cc1cccc(CC2CCN(C3[CH]CCCC(O)CC3)C2=O)c1F.[CH2].[CH2]. The summed E-state index contributed by atoms with van der Waals surface area (Å²) >= 11 is 0. The van der Waals surface area contributed by atoms with Crippen molar-refractivity contribution in [3.8, 4) is 0 Å². The number of hydrogen-bond donors (Lipinski definition) is 1. The van der Waals surface area contributed by atoms with Crippen molar-refractivity contribution in [3.63, 3.8) is 0 Å². The molecule has 1 N–H and O–H groups in total. The van der Waals surface area contributed by atoms with Gasteiger partial charge in [-0.2, -0.15) is 0 Å². The maximum Gasteiger partial charge on any atom is 0.226 e. The van der Waals surface area contributed by atoms with Gasteiger partial charge in [-0.15, -0.1) is 0 Å². The minimum absolute atomic E-state index is 0. The number of halogens is 1. The number of likely N-dealkylation sites (tertiary alicyclic amines) is 1. The fourth-order valence-electron chi connectivity index (χ4n) is 3.99. The number of aliphatic hydroxyl groups excluding tert-OH is 1. The summed E-state index contributed by atoms with van der Waals surface area (Å²) in [5, 5.41) is 9.89. The molecule has 2 aliphatic rings. The average molecular weight is 360 g/mol. The fourth-order valence-corrected chi connectivity index (χ4v) is 3.99. The first-order valence-corrected chi connectivity index (χ1v) is 9.12. The number of benzene rings is 1. The molecule has 4 heteroatoms. The highest BCUT2D eigenvalue weighted by atomic mass is 19.1. The van der Waals surface area contributed by atoms with Gasteiger partial charge in [-0.3, -0.25) is 4.79 Å². The maximum atomic E-state index is 14.2. The maximum absolute atomic E-state index is 14.2. The fraction of sp³-hybridized carbons (Fsp3) is 0.545. The van der Waals surface area contributed by atoms with Crippen LogP contribution in [0.3, 0.4) is 0 Å². The molecule has 0 aromatic heterocycles. The summed E-state index contributed by atoms with van der Waals surface area (Å²) in [4.78, 5) is 14.8. The van der Waals surface area contributed by atoms with Crippen molar-refractivity contribution in [1.29, 1.82) is 0 Å². The Morgan fingerprint density at radius 3 is 2.73 bits per heavy atom. The van der Waals surface area contributed by atoms with Crippen molar-refractivity contribution in [2.45, 2.75) is 64.0 Å². The first kappa shape index (κ1) is 22.6. The van der Waals surface area contributed by atoms with Gasteiger partial charge in [0.2, 0.25) is 5.91 Å². The third-order valence-electron chi connectivity index (χ3n) is 5.47. The molecular weight excluding hydrogens is 329 g/mol. The molecule has 3 rings (SSSR count). The lowest BCUT2D eigenvalue weighted by atomic mass is 9.93. The van der Waals surface area contributed by atoms with Crippen LogP contribution in [0.15, 0.2) is 18.2 Å². The first-order chi connectivity index (χ1) is 11.6. The quantitative estimate of drug-likeness (QED) is 0.882. The largest absolute Gasteiger partial charge is 0.393 e. The lowest BCUT2D eigenvalue weighted by molar-refractivity contribution is -0.132. The van der Waals surface area contributed by atoms with Gasteiger partial charge in [0.15, 0.2) is 0 Å². The summed E-state index contributed by atoms with van der Waals surface area (Å²) in [6.45, 7) is 2.50. The molecular formula is C22H31FNO2. The monoisotopic (exact) mass is 360 g/mol. The van der Waals surface area contributed by atoms with E-state index in [9.17, 15) is 14.3 Å². The number of aryl methyl sites for hydroxylation is 1. The first-order valence-electron chi connectivity index (χ1n) is 9.12. The minimum atomic E-state index is -0.240. The van der Waals surface area contributed by atoms with E-state index in [1.807, 2.05) is 11.0 Å².